The van der Waals surface area contributed by atoms with Crippen LogP contribution in [0.25, 0.3) is 10.9 Å². The summed E-state index contributed by atoms with van der Waals surface area (Å²) in [6.07, 6.45) is 1.32. The van der Waals surface area contributed by atoms with Crippen molar-refractivity contribution < 1.29 is 14.5 Å². The molecule has 0 aliphatic heterocycles. The van der Waals surface area contributed by atoms with Gasteiger partial charge in [-0.05, 0) is 11.6 Å². The van der Waals surface area contributed by atoms with Crippen LogP contribution in [0, 0.1) is 21.4 Å². The number of fused-ring (bicyclic) bond motifs is 1. The Morgan fingerprint density at radius 2 is 1.92 bits per heavy atom. The molecule has 1 atom stereocenters. The molecule has 26 heavy (non-hydrogen) atoms. The molecule has 0 aliphatic rings. The number of aromatic nitrogens is 1. The van der Waals surface area contributed by atoms with Gasteiger partial charge >= 0.3 is 0 Å². The number of hydrogen-bond acceptors (Lipinski definition) is 5. The number of non-ortho nitro benzene ring substituents is 1. The molecule has 0 radical (unpaired) electrons. The van der Waals surface area contributed by atoms with Crippen LogP contribution in [0.15, 0.2) is 54.7 Å². The molecule has 8 heteroatoms. The van der Waals surface area contributed by atoms with E-state index in [1.54, 1.807) is 30.3 Å². The quantitative estimate of drug-likeness (QED) is 0.317. The second kappa shape index (κ2) is 6.86. The van der Waals surface area contributed by atoms with Crippen molar-refractivity contribution in [3.8, 4) is 6.07 Å². The number of nitrogens with zero attached hydrogens (tertiary/aromatic N) is 2. The molecule has 3 aromatic rings. The number of nitro benzene ring substituents is 1. The Morgan fingerprint density at radius 3 is 2.58 bits per heavy atom. The van der Waals surface area contributed by atoms with Gasteiger partial charge in [-0.1, -0.05) is 30.3 Å². The van der Waals surface area contributed by atoms with E-state index in [9.17, 15) is 25.0 Å². The molecular formula is C18H12N4O4. The number of rotatable bonds is 5. The fourth-order valence-electron chi connectivity index (χ4n) is 2.56. The smallest absolute Gasteiger partial charge is 0.293 e. The lowest BCUT2D eigenvalue weighted by atomic mass is 10.1. The van der Waals surface area contributed by atoms with Gasteiger partial charge in [0.15, 0.2) is 0 Å². The number of carbonyl (C=O) groups is 2. The molecule has 1 aromatic heterocycles. The van der Waals surface area contributed by atoms with Crippen molar-refractivity contribution in [1.82, 2.24) is 10.3 Å². The molecule has 8 nitrogen and oxygen atoms in total. The molecule has 0 fully saturated rings. The molecule has 0 saturated carbocycles. The largest absolute Gasteiger partial charge is 0.360 e. The number of benzene rings is 2. The lowest BCUT2D eigenvalue weighted by Gasteiger charge is -2.11. The van der Waals surface area contributed by atoms with Crippen molar-refractivity contribution in [1.29, 1.82) is 5.26 Å². The number of nitriles is 1. The zero-order valence-corrected chi connectivity index (χ0v) is 13.3. The number of hydrogen-bond donors (Lipinski definition) is 2. The maximum atomic E-state index is 12.5. The topological polar surface area (TPSA) is 129 Å². The lowest BCUT2D eigenvalue weighted by molar-refractivity contribution is -0.384. The predicted molar refractivity (Wildman–Crippen MR) is 92.2 cm³/mol. The number of nitro groups is 1. The average molecular weight is 348 g/mol. The van der Waals surface area contributed by atoms with E-state index in [1.165, 1.54) is 24.4 Å². The zero-order valence-electron chi connectivity index (χ0n) is 13.3. The highest BCUT2D eigenvalue weighted by molar-refractivity contribution is 6.45. The van der Waals surface area contributed by atoms with Gasteiger partial charge in [-0.3, -0.25) is 19.7 Å². The van der Waals surface area contributed by atoms with Gasteiger partial charge < -0.3 is 10.3 Å². The minimum absolute atomic E-state index is 0.00551. The first kappa shape index (κ1) is 16.9. The fraction of sp³-hybridized carbons (Fsp3) is 0.0556. The van der Waals surface area contributed by atoms with Crippen LogP contribution in [-0.4, -0.2) is 21.6 Å². The second-order valence-electron chi connectivity index (χ2n) is 5.46. The Labute approximate surface area is 147 Å². The summed E-state index contributed by atoms with van der Waals surface area (Å²) < 4.78 is 0. The summed E-state index contributed by atoms with van der Waals surface area (Å²) in [5.74, 6) is -1.85. The van der Waals surface area contributed by atoms with Crippen molar-refractivity contribution in [2.75, 3.05) is 0 Å². The Morgan fingerprint density at radius 1 is 1.19 bits per heavy atom. The number of carbonyl (C=O) groups excluding carboxylic acids is 2. The standard InChI is InChI=1S/C18H12N4O4/c19-9-16(11-4-2-1-3-5-11)21-18(24)17(23)14-10-20-15-7-6-12(22(25)26)8-13(14)15/h1-8,10,16,20H,(H,21,24). The van der Waals surface area contributed by atoms with Crippen LogP contribution in [0.2, 0.25) is 0 Å². The predicted octanol–water partition coefficient (Wildman–Crippen LogP) is 2.64. The van der Waals surface area contributed by atoms with E-state index in [0.29, 0.717) is 11.1 Å². The van der Waals surface area contributed by atoms with Crippen molar-refractivity contribution in [2.24, 2.45) is 0 Å². The van der Waals surface area contributed by atoms with Crippen LogP contribution < -0.4 is 5.32 Å². The van der Waals surface area contributed by atoms with Gasteiger partial charge in [-0.2, -0.15) is 5.26 Å². The van der Waals surface area contributed by atoms with Crippen molar-refractivity contribution in [2.45, 2.75) is 6.04 Å². The van der Waals surface area contributed by atoms with E-state index in [-0.39, 0.29) is 16.6 Å². The third kappa shape index (κ3) is 3.14. The van der Waals surface area contributed by atoms with E-state index in [2.05, 4.69) is 10.3 Å². The van der Waals surface area contributed by atoms with Crippen molar-refractivity contribution >= 4 is 28.3 Å². The van der Waals surface area contributed by atoms with Crippen molar-refractivity contribution in [3.63, 3.8) is 0 Å². The first-order valence-electron chi connectivity index (χ1n) is 7.56. The maximum absolute atomic E-state index is 12.5. The minimum atomic E-state index is -0.979. The molecule has 3 rings (SSSR count). The third-order valence-electron chi connectivity index (χ3n) is 3.86. The molecule has 0 saturated heterocycles. The number of Topliss-reactive ketones (excluding diaryl/α,β-unsaturated/α-hetero) is 1. The summed E-state index contributed by atoms with van der Waals surface area (Å²) >= 11 is 0. The molecule has 2 N–H and O–H groups in total. The van der Waals surface area contributed by atoms with Gasteiger partial charge in [-0.25, -0.2) is 0 Å². The SMILES string of the molecule is N#CC(NC(=O)C(=O)c1c[nH]c2ccc([N+](=O)[O-])cc12)c1ccccc1. The Kier molecular flexibility index (Phi) is 4.45. The molecule has 0 spiro atoms. The molecule has 1 amide bonds. The van der Waals surface area contributed by atoms with Gasteiger partial charge in [0.05, 0.1) is 16.6 Å². The van der Waals surface area contributed by atoms with E-state index < -0.39 is 22.7 Å². The highest BCUT2D eigenvalue weighted by atomic mass is 16.6. The van der Waals surface area contributed by atoms with E-state index in [4.69, 9.17) is 0 Å². The number of ketones is 1. The van der Waals surface area contributed by atoms with Crippen LogP contribution in [0.1, 0.15) is 22.0 Å². The number of nitrogens with one attached hydrogen (secondary N) is 2. The summed E-state index contributed by atoms with van der Waals surface area (Å²) in [6, 6.07) is 13.5. The van der Waals surface area contributed by atoms with Crippen LogP contribution in [0.3, 0.4) is 0 Å². The highest BCUT2D eigenvalue weighted by Crippen LogP contribution is 2.24. The number of amides is 1. The van der Waals surface area contributed by atoms with Crippen LogP contribution in [0.4, 0.5) is 5.69 Å². The molecule has 0 aliphatic carbocycles. The van der Waals surface area contributed by atoms with E-state index in [1.807, 2.05) is 6.07 Å². The molecule has 0 bridgehead atoms. The van der Waals surface area contributed by atoms with Gasteiger partial charge in [0, 0.05) is 29.2 Å². The van der Waals surface area contributed by atoms with Gasteiger partial charge in [0.2, 0.25) is 0 Å². The average Bonchev–Trinajstić information content (AvgIpc) is 3.09. The Bertz CT molecular complexity index is 1050. The van der Waals surface area contributed by atoms with E-state index in [0.717, 1.165) is 0 Å². The summed E-state index contributed by atoms with van der Waals surface area (Å²) in [5, 5.41) is 22.8. The molecular weight excluding hydrogens is 336 g/mol. The summed E-state index contributed by atoms with van der Waals surface area (Å²) in [7, 11) is 0. The fourth-order valence-corrected chi connectivity index (χ4v) is 2.56. The Hall–Kier alpha value is -3.99. The normalized spacial score (nSPS) is 11.5. The van der Waals surface area contributed by atoms with Gasteiger partial charge in [-0.15, -0.1) is 0 Å². The van der Waals surface area contributed by atoms with Crippen LogP contribution in [-0.2, 0) is 4.79 Å². The maximum Gasteiger partial charge on any atom is 0.293 e. The van der Waals surface area contributed by atoms with Crippen LogP contribution in [0.5, 0.6) is 0 Å². The number of aromatic amines is 1. The van der Waals surface area contributed by atoms with Gasteiger partial charge in [0.1, 0.15) is 6.04 Å². The molecule has 1 unspecified atom stereocenters. The Balaban J connectivity index is 1.88. The minimum Gasteiger partial charge on any atom is -0.360 e. The monoisotopic (exact) mass is 348 g/mol. The van der Waals surface area contributed by atoms with Crippen LogP contribution >= 0.6 is 0 Å². The third-order valence-corrected chi connectivity index (χ3v) is 3.86. The summed E-state index contributed by atoms with van der Waals surface area (Å²) in [5.41, 5.74) is 0.856. The molecule has 128 valence electrons. The molecule has 2 aromatic carbocycles. The lowest BCUT2D eigenvalue weighted by Crippen LogP contribution is -2.33. The molecule has 1 heterocycles. The first-order valence-corrected chi connectivity index (χ1v) is 7.56. The van der Waals surface area contributed by atoms with E-state index >= 15 is 0 Å². The first-order chi connectivity index (χ1) is 12.5. The van der Waals surface area contributed by atoms with Crippen molar-refractivity contribution in [3.05, 3.63) is 76.0 Å². The summed E-state index contributed by atoms with van der Waals surface area (Å²) in [4.78, 5) is 37.9. The number of H-pyrrole nitrogens is 1. The van der Waals surface area contributed by atoms with Gasteiger partial charge in [0.25, 0.3) is 17.4 Å². The zero-order chi connectivity index (χ0) is 18.7. The highest BCUT2D eigenvalue weighted by Gasteiger charge is 2.24. The second-order valence-corrected chi connectivity index (χ2v) is 5.46. The summed E-state index contributed by atoms with van der Waals surface area (Å²) in [6.45, 7) is 0.